The van der Waals surface area contributed by atoms with Crippen molar-refractivity contribution < 1.29 is 5.11 Å². The van der Waals surface area contributed by atoms with E-state index < -0.39 is 0 Å². The average Bonchev–Trinajstić information content (AvgIpc) is 2.23. The predicted octanol–water partition coefficient (Wildman–Crippen LogP) is 0.438. The predicted molar refractivity (Wildman–Crippen MR) is 60.3 cm³/mol. The van der Waals surface area contributed by atoms with Gasteiger partial charge in [-0.05, 0) is 5.56 Å². The summed E-state index contributed by atoms with van der Waals surface area (Å²) in [7, 11) is 0. The molecular weight excluding hydrogens is 188 g/mol. The Hall–Kier alpha value is -0.900. The fourth-order valence-electron chi connectivity index (χ4n) is 2.02. The molecule has 1 unspecified atom stereocenters. The highest BCUT2D eigenvalue weighted by molar-refractivity contribution is 5.14. The topological polar surface area (TPSA) is 49.5 Å². The molecule has 3 nitrogen and oxygen atoms in total. The van der Waals surface area contributed by atoms with Gasteiger partial charge in [-0.3, -0.25) is 4.90 Å². The fraction of sp³-hybridized carbons (Fsp3) is 0.500. The maximum Gasteiger partial charge on any atom is 0.0715 e. The summed E-state index contributed by atoms with van der Waals surface area (Å²) in [6.07, 6.45) is -0.322. The smallest absolute Gasteiger partial charge is 0.0715 e. The van der Waals surface area contributed by atoms with E-state index in [2.05, 4.69) is 29.2 Å². The van der Waals surface area contributed by atoms with Crippen LogP contribution >= 0.6 is 0 Å². The Bertz CT molecular complexity index is 296. The average molecular weight is 206 g/mol. The summed E-state index contributed by atoms with van der Waals surface area (Å²) in [6, 6.07) is 10.4. The van der Waals surface area contributed by atoms with E-state index in [1.807, 2.05) is 6.07 Å². The summed E-state index contributed by atoms with van der Waals surface area (Å²) < 4.78 is 0. The van der Waals surface area contributed by atoms with E-state index in [4.69, 9.17) is 5.73 Å². The van der Waals surface area contributed by atoms with Crippen molar-refractivity contribution in [1.82, 2.24) is 4.90 Å². The molecule has 3 heteroatoms. The second-order valence-electron chi connectivity index (χ2n) is 4.24. The van der Waals surface area contributed by atoms with Gasteiger partial charge in [-0.1, -0.05) is 30.3 Å². The van der Waals surface area contributed by atoms with E-state index in [1.54, 1.807) is 0 Å². The molecule has 0 radical (unpaired) electrons. The maximum absolute atomic E-state index is 9.51. The first-order chi connectivity index (χ1) is 7.29. The minimum Gasteiger partial charge on any atom is -0.391 e. The number of nitrogens with zero attached hydrogens (tertiary/aromatic N) is 1. The lowest BCUT2D eigenvalue weighted by molar-refractivity contribution is -0.00341. The van der Waals surface area contributed by atoms with Crippen LogP contribution in [0.4, 0.5) is 0 Å². The normalized spacial score (nSPS) is 19.9. The lowest BCUT2D eigenvalue weighted by atomic mass is 9.93. The van der Waals surface area contributed by atoms with Crippen molar-refractivity contribution in [2.24, 2.45) is 11.7 Å². The van der Waals surface area contributed by atoms with Crippen molar-refractivity contribution in [2.75, 3.05) is 19.6 Å². The molecule has 1 saturated heterocycles. The van der Waals surface area contributed by atoms with Crippen LogP contribution in [0.25, 0.3) is 0 Å². The minimum absolute atomic E-state index is 0.322. The fourth-order valence-corrected chi connectivity index (χ4v) is 2.02. The zero-order chi connectivity index (χ0) is 10.7. The van der Waals surface area contributed by atoms with Gasteiger partial charge in [-0.25, -0.2) is 0 Å². The molecule has 0 amide bonds. The Balaban J connectivity index is 1.77. The molecule has 1 heterocycles. The third kappa shape index (κ3) is 2.56. The Labute approximate surface area is 90.5 Å². The molecule has 2 rings (SSSR count). The summed E-state index contributed by atoms with van der Waals surface area (Å²) in [5.74, 6) is 0.374. The van der Waals surface area contributed by atoms with Crippen LogP contribution in [0.15, 0.2) is 30.3 Å². The first-order valence-corrected chi connectivity index (χ1v) is 5.44. The zero-order valence-electron chi connectivity index (χ0n) is 8.84. The van der Waals surface area contributed by atoms with Gasteiger partial charge in [0, 0.05) is 32.1 Å². The Morgan fingerprint density at radius 1 is 1.33 bits per heavy atom. The van der Waals surface area contributed by atoms with Gasteiger partial charge in [-0.2, -0.15) is 0 Å². The van der Waals surface area contributed by atoms with Gasteiger partial charge in [0.2, 0.25) is 0 Å². The Morgan fingerprint density at radius 3 is 2.60 bits per heavy atom. The van der Waals surface area contributed by atoms with E-state index >= 15 is 0 Å². The van der Waals surface area contributed by atoms with Crippen LogP contribution in [0.2, 0.25) is 0 Å². The molecule has 1 aliphatic heterocycles. The number of likely N-dealkylation sites (tertiary alicyclic amines) is 1. The summed E-state index contributed by atoms with van der Waals surface area (Å²) in [5, 5.41) is 9.51. The Kier molecular flexibility index (Phi) is 3.36. The second-order valence-corrected chi connectivity index (χ2v) is 4.24. The molecule has 15 heavy (non-hydrogen) atoms. The third-order valence-corrected chi connectivity index (χ3v) is 3.02. The number of nitrogens with two attached hydrogens (primary N) is 1. The highest BCUT2D eigenvalue weighted by Crippen LogP contribution is 2.21. The van der Waals surface area contributed by atoms with Crippen LogP contribution in [-0.2, 0) is 6.54 Å². The van der Waals surface area contributed by atoms with Crippen molar-refractivity contribution in [2.45, 2.75) is 12.6 Å². The largest absolute Gasteiger partial charge is 0.391 e. The maximum atomic E-state index is 9.51. The van der Waals surface area contributed by atoms with Crippen LogP contribution in [0.3, 0.4) is 0 Å². The van der Waals surface area contributed by atoms with Crippen LogP contribution in [0, 0.1) is 5.92 Å². The molecule has 1 fully saturated rings. The second kappa shape index (κ2) is 4.75. The lowest BCUT2D eigenvalue weighted by Crippen LogP contribution is -2.52. The summed E-state index contributed by atoms with van der Waals surface area (Å²) in [5.41, 5.74) is 6.74. The number of hydrogen-bond donors (Lipinski definition) is 2. The SMILES string of the molecule is NCC(O)C1CN(Cc2ccccc2)C1. The molecule has 0 aromatic heterocycles. The quantitative estimate of drug-likeness (QED) is 0.751. The molecule has 0 bridgehead atoms. The number of aliphatic hydroxyl groups is 1. The van der Waals surface area contributed by atoms with Crippen LogP contribution < -0.4 is 5.73 Å². The molecule has 3 N–H and O–H groups in total. The number of benzene rings is 1. The number of aliphatic hydroxyl groups excluding tert-OH is 1. The van der Waals surface area contributed by atoms with E-state index in [0.29, 0.717) is 12.5 Å². The first-order valence-electron chi connectivity index (χ1n) is 5.44. The van der Waals surface area contributed by atoms with Crippen LogP contribution in [0.1, 0.15) is 5.56 Å². The summed E-state index contributed by atoms with van der Waals surface area (Å²) in [4.78, 5) is 2.33. The molecule has 0 spiro atoms. The summed E-state index contributed by atoms with van der Waals surface area (Å²) >= 11 is 0. The molecule has 0 saturated carbocycles. The Morgan fingerprint density at radius 2 is 2.00 bits per heavy atom. The molecule has 1 aliphatic rings. The van der Waals surface area contributed by atoms with Gasteiger partial charge in [0.15, 0.2) is 0 Å². The number of hydrogen-bond acceptors (Lipinski definition) is 3. The van der Waals surface area contributed by atoms with Crippen molar-refractivity contribution in [3.63, 3.8) is 0 Å². The van der Waals surface area contributed by atoms with Crippen LogP contribution in [0.5, 0.6) is 0 Å². The van der Waals surface area contributed by atoms with Crippen molar-refractivity contribution >= 4 is 0 Å². The minimum atomic E-state index is -0.322. The van der Waals surface area contributed by atoms with Crippen molar-refractivity contribution in [1.29, 1.82) is 0 Å². The van der Waals surface area contributed by atoms with Crippen molar-refractivity contribution in [3.05, 3.63) is 35.9 Å². The van der Waals surface area contributed by atoms with Gasteiger partial charge >= 0.3 is 0 Å². The van der Waals surface area contributed by atoms with Gasteiger partial charge in [0.05, 0.1) is 6.10 Å². The van der Waals surface area contributed by atoms with Gasteiger partial charge < -0.3 is 10.8 Å². The molecule has 1 atom stereocenters. The molecule has 1 aromatic rings. The van der Waals surface area contributed by atoms with Gasteiger partial charge in [-0.15, -0.1) is 0 Å². The molecule has 1 aromatic carbocycles. The molecule has 0 aliphatic carbocycles. The standard InChI is InChI=1S/C12H18N2O/c13-6-12(15)11-8-14(9-11)7-10-4-2-1-3-5-10/h1-5,11-12,15H,6-9,13H2. The third-order valence-electron chi connectivity index (χ3n) is 3.02. The highest BCUT2D eigenvalue weighted by Gasteiger charge is 2.31. The molecular formula is C12H18N2O. The zero-order valence-corrected chi connectivity index (χ0v) is 8.84. The number of rotatable bonds is 4. The molecule has 82 valence electrons. The lowest BCUT2D eigenvalue weighted by Gasteiger charge is -2.41. The van der Waals surface area contributed by atoms with E-state index in [-0.39, 0.29) is 6.10 Å². The van der Waals surface area contributed by atoms with Crippen LogP contribution in [-0.4, -0.2) is 35.7 Å². The van der Waals surface area contributed by atoms with E-state index in [1.165, 1.54) is 5.56 Å². The van der Waals surface area contributed by atoms with Crippen molar-refractivity contribution in [3.8, 4) is 0 Å². The van der Waals surface area contributed by atoms with E-state index in [9.17, 15) is 5.11 Å². The monoisotopic (exact) mass is 206 g/mol. The van der Waals surface area contributed by atoms with E-state index in [0.717, 1.165) is 19.6 Å². The van der Waals surface area contributed by atoms with Gasteiger partial charge in [0.1, 0.15) is 0 Å². The van der Waals surface area contributed by atoms with Gasteiger partial charge in [0.25, 0.3) is 0 Å². The highest BCUT2D eigenvalue weighted by atomic mass is 16.3. The first kappa shape index (κ1) is 10.6. The summed E-state index contributed by atoms with van der Waals surface area (Å²) in [6.45, 7) is 3.29.